The number of benzene rings is 1. The maximum absolute atomic E-state index is 14.3. The molecule has 24 heavy (non-hydrogen) atoms. The van der Waals surface area contributed by atoms with Crippen molar-refractivity contribution in [1.29, 1.82) is 0 Å². The molecule has 1 unspecified atom stereocenters. The lowest BCUT2D eigenvalue weighted by molar-refractivity contribution is 0.0590. The van der Waals surface area contributed by atoms with E-state index in [0.717, 1.165) is 5.70 Å². The Morgan fingerprint density at radius 2 is 2.29 bits per heavy atom. The summed E-state index contributed by atoms with van der Waals surface area (Å²) >= 11 is 0. The van der Waals surface area contributed by atoms with Gasteiger partial charge in [0, 0.05) is 30.6 Å². The first kappa shape index (κ1) is 14.5. The number of hydrogen-bond acceptors (Lipinski definition) is 6. The first-order valence-electron chi connectivity index (χ1n) is 7.35. The number of hydroxylamine groups is 1. The zero-order valence-corrected chi connectivity index (χ0v) is 12.5. The van der Waals surface area contributed by atoms with Gasteiger partial charge in [0.25, 0.3) is 0 Å². The van der Waals surface area contributed by atoms with Crippen LogP contribution in [0, 0.1) is 5.82 Å². The Kier molecular flexibility index (Phi) is 3.72. The normalized spacial score (nSPS) is 16.7. The maximum atomic E-state index is 14.3. The highest BCUT2D eigenvalue weighted by molar-refractivity contribution is 5.66. The fourth-order valence-corrected chi connectivity index (χ4v) is 2.44. The fraction of sp³-hybridized carbons (Fsp3) is 0.125. The molecule has 1 atom stereocenters. The van der Waals surface area contributed by atoms with Crippen molar-refractivity contribution in [3.8, 4) is 5.69 Å². The minimum absolute atomic E-state index is 0.201. The lowest BCUT2D eigenvalue weighted by Crippen LogP contribution is -2.21. The van der Waals surface area contributed by atoms with E-state index in [-0.39, 0.29) is 11.9 Å². The largest absolute Gasteiger partial charge is 0.364 e. The Bertz CT molecular complexity index is 845. The van der Waals surface area contributed by atoms with Crippen LogP contribution in [0.5, 0.6) is 0 Å². The number of aromatic nitrogens is 3. The molecule has 122 valence electrons. The number of halogens is 1. The second kappa shape index (κ2) is 6.17. The molecule has 1 aliphatic heterocycles. The highest BCUT2D eigenvalue weighted by Gasteiger charge is 2.18. The predicted molar refractivity (Wildman–Crippen MR) is 84.5 cm³/mol. The van der Waals surface area contributed by atoms with Gasteiger partial charge >= 0.3 is 0 Å². The van der Waals surface area contributed by atoms with Crippen molar-refractivity contribution in [3.63, 3.8) is 0 Å². The van der Waals surface area contributed by atoms with Crippen LogP contribution in [-0.4, -0.2) is 27.4 Å². The maximum Gasteiger partial charge on any atom is 0.169 e. The summed E-state index contributed by atoms with van der Waals surface area (Å²) in [6, 6.07) is 6.71. The zero-order valence-electron chi connectivity index (χ0n) is 12.5. The fourth-order valence-electron chi connectivity index (χ4n) is 2.44. The van der Waals surface area contributed by atoms with Crippen LogP contribution in [0.4, 0.5) is 10.2 Å². The van der Waals surface area contributed by atoms with Crippen LogP contribution >= 0.6 is 0 Å². The van der Waals surface area contributed by atoms with Gasteiger partial charge in [0.05, 0.1) is 17.7 Å². The lowest BCUT2D eigenvalue weighted by Gasteiger charge is -2.08. The molecule has 3 heterocycles. The van der Waals surface area contributed by atoms with E-state index < -0.39 is 0 Å². The van der Waals surface area contributed by atoms with Gasteiger partial charge in [0.15, 0.2) is 5.82 Å². The molecule has 0 aliphatic carbocycles. The van der Waals surface area contributed by atoms with Crippen LogP contribution in [0.1, 0.15) is 5.56 Å². The van der Waals surface area contributed by atoms with E-state index in [4.69, 9.17) is 9.36 Å². The summed E-state index contributed by atoms with van der Waals surface area (Å²) in [7, 11) is 0. The molecule has 4 rings (SSSR count). The van der Waals surface area contributed by atoms with Gasteiger partial charge in [-0.05, 0) is 18.2 Å². The van der Waals surface area contributed by atoms with Crippen molar-refractivity contribution in [3.05, 3.63) is 66.7 Å². The van der Waals surface area contributed by atoms with Gasteiger partial charge in [-0.25, -0.2) is 9.37 Å². The van der Waals surface area contributed by atoms with Gasteiger partial charge in [-0.1, -0.05) is 11.2 Å². The minimum atomic E-state index is -0.336. The van der Waals surface area contributed by atoms with E-state index in [9.17, 15) is 4.39 Å². The van der Waals surface area contributed by atoms with E-state index in [0.29, 0.717) is 23.6 Å². The van der Waals surface area contributed by atoms with Crippen molar-refractivity contribution >= 4 is 11.5 Å². The number of nitrogens with one attached hydrogen (secondary N) is 2. The standard InChI is InChI=1S/C16H14FN5O2/c17-13-7-11(1-2-15(13)22-5-4-18-10-22)14-8-12(24-20-14)9-19-16-3-6-23-21-16/h1-8,10,12,20H,9H2,(H,19,21). The molecule has 0 spiro atoms. The Morgan fingerprint density at radius 1 is 1.33 bits per heavy atom. The zero-order chi connectivity index (χ0) is 16.4. The summed E-state index contributed by atoms with van der Waals surface area (Å²) in [4.78, 5) is 9.38. The van der Waals surface area contributed by atoms with E-state index >= 15 is 0 Å². The van der Waals surface area contributed by atoms with Crippen LogP contribution in [0.25, 0.3) is 11.4 Å². The lowest BCUT2D eigenvalue weighted by atomic mass is 10.1. The van der Waals surface area contributed by atoms with E-state index in [1.807, 2.05) is 12.1 Å². The summed E-state index contributed by atoms with van der Waals surface area (Å²) in [6.45, 7) is 0.513. The van der Waals surface area contributed by atoms with E-state index in [1.165, 1.54) is 12.3 Å². The van der Waals surface area contributed by atoms with Crippen LogP contribution in [0.2, 0.25) is 0 Å². The Hall–Kier alpha value is -3.13. The number of rotatable bonds is 5. The van der Waals surface area contributed by atoms with Gasteiger partial charge in [-0.2, -0.15) is 0 Å². The van der Waals surface area contributed by atoms with Crippen molar-refractivity contribution in [2.45, 2.75) is 6.10 Å². The number of nitrogens with zero attached hydrogens (tertiary/aromatic N) is 3. The van der Waals surface area contributed by atoms with Crippen LogP contribution in [0.15, 0.2) is 59.8 Å². The first-order chi connectivity index (χ1) is 11.8. The molecule has 8 heteroatoms. The van der Waals surface area contributed by atoms with Crippen molar-refractivity contribution in [2.24, 2.45) is 0 Å². The van der Waals surface area contributed by atoms with Crippen molar-refractivity contribution < 1.29 is 13.8 Å². The molecule has 0 saturated heterocycles. The molecule has 0 amide bonds. The number of anilines is 1. The molecule has 0 saturated carbocycles. The molecular weight excluding hydrogens is 313 g/mol. The van der Waals surface area contributed by atoms with Gasteiger partial charge in [0.1, 0.15) is 18.2 Å². The van der Waals surface area contributed by atoms with Crippen LogP contribution < -0.4 is 10.8 Å². The summed E-state index contributed by atoms with van der Waals surface area (Å²) < 4.78 is 20.7. The first-order valence-corrected chi connectivity index (χ1v) is 7.35. The quantitative estimate of drug-likeness (QED) is 0.749. The molecule has 3 aromatic rings. The summed E-state index contributed by atoms with van der Waals surface area (Å²) in [5.74, 6) is 0.300. The van der Waals surface area contributed by atoms with Gasteiger partial charge in [-0.3, -0.25) is 10.3 Å². The predicted octanol–water partition coefficient (Wildman–Crippen LogP) is 2.36. The SMILES string of the molecule is Fc1cc(C2=CC(CNc3ccon3)ON2)ccc1-n1ccnc1. The third-order valence-electron chi connectivity index (χ3n) is 3.64. The summed E-state index contributed by atoms with van der Waals surface area (Å²) in [5, 5.41) is 6.84. The van der Waals surface area contributed by atoms with Crippen LogP contribution in [-0.2, 0) is 4.84 Å². The molecular formula is C16H14FN5O2. The smallest absolute Gasteiger partial charge is 0.169 e. The number of hydrogen-bond donors (Lipinski definition) is 2. The Morgan fingerprint density at radius 3 is 3.04 bits per heavy atom. The molecule has 0 bridgehead atoms. The van der Waals surface area contributed by atoms with Gasteiger partial charge < -0.3 is 14.4 Å². The van der Waals surface area contributed by atoms with Crippen molar-refractivity contribution in [1.82, 2.24) is 20.2 Å². The molecule has 1 aromatic carbocycles. The highest BCUT2D eigenvalue weighted by atomic mass is 19.1. The molecule has 1 aliphatic rings. The highest BCUT2D eigenvalue weighted by Crippen LogP contribution is 2.22. The molecule has 0 fully saturated rings. The van der Waals surface area contributed by atoms with E-state index in [2.05, 4.69) is 20.9 Å². The monoisotopic (exact) mass is 327 g/mol. The van der Waals surface area contributed by atoms with Crippen LogP contribution in [0.3, 0.4) is 0 Å². The van der Waals surface area contributed by atoms with E-state index in [1.54, 1.807) is 35.4 Å². The second-order valence-electron chi connectivity index (χ2n) is 5.24. The molecule has 2 N–H and O–H groups in total. The second-order valence-corrected chi connectivity index (χ2v) is 5.24. The van der Waals surface area contributed by atoms with Gasteiger partial charge in [-0.15, -0.1) is 0 Å². The molecule has 7 nitrogen and oxygen atoms in total. The Balaban J connectivity index is 1.47. The average molecular weight is 327 g/mol. The average Bonchev–Trinajstić information content (AvgIpc) is 3.34. The number of imidazole rings is 1. The minimum Gasteiger partial charge on any atom is -0.364 e. The molecule has 0 radical (unpaired) electrons. The third kappa shape index (κ3) is 2.86. The topological polar surface area (TPSA) is 77.1 Å². The summed E-state index contributed by atoms with van der Waals surface area (Å²) in [5.41, 5.74) is 4.70. The molecule has 2 aromatic heterocycles. The van der Waals surface area contributed by atoms with Gasteiger partial charge in [0.2, 0.25) is 0 Å². The van der Waals surface area contributed by atoms with Crippen molar-refractivity contribution in [2.75, 3.05) is 11.9 Å². The third-order valence-corrected chi connectivity index (χ3v) is 3.64. The Labute approximate surface area is 136 Å². The summed E-state index contributed by atoms with van der Waals surface area (Å²) in [6.07, 6.45) is 8.03.